The van der Waals surface area contributed by atoms with Gasteiger partial charge in [-0.25, -0.2) is 4.79 Å². The molecule has 0 saturated heterocycles. The van der Waals surface area contributed by atoms with Gasteiger partial charge in [0.2, 0.25) is 0 Å². The second-order valence-electron chi connectivity index (χ2n) is 4.26. The normalized spacial score (nSPS) is 9.71. The van der Waals surface area contributed by atoms with Gasteiger partial charge in [0.05, 0.1) is 6.07 Å². The lowest BCUT2D eigenvalue weighted by molar-refractivity contribution is 0.148. The lowest BCUT2D eigenvalue weighted by Crippen LogP contribution is -2.31. The molecule has 0 bridgehead atoms. The topological polar surface area (TPSA) is 53.3 Å². The number of amides is 1. The molecule has 0 heterocycles. The molecule has 0 saturated carbocycles. The standard InChI is InChI=1S/C16H13ClN2O2/c17-14-6-8-15(9-7-14)19(11-10-18)16(20)21-12-13-4-2-1-3-5-13/h1-9H,11-12H2. The molecule has 0 fully saturated rings. The first-order valence-electron chi connectivity index (χ1n) is 6.31. The highest BCUT2D eigenvalue weighted by Gasteiger charge is 2.16. The van der Waals surface area contributed by atoms with Gasteiger partial charge in [0.15, 0.2) is 0 Å². The van der Waals surface area contributed by atoms with E-state index in [4.69, 9.17) is 21.6 Å². The van der Waals surface area contributed by atoms with Gasteiger partial charge in [0, 0.05) is 10.7 Å². The molecule has 21 heavy (non-hydrogen) atoms. The van der Waals surface area contributed by atoms with Crippen LogP contribution >= 0.6 is 11.6 Å². The average molecular weight is 301 g/mol. The Labute approximate surface area is 128 Å². The van der Waals surface area contributed by atoms with Crippen LogP contribution in [0.3, 0.4) is 0 Å². The van der Waals surface area contributed by atoms with E-state index in [1.807, 2.05) is 36.4 Å². The minimum Gasteiger partial charge on any atom is -0.444 e. The first-order chi connectivity index (χ1) is 10.2. The molecule has 0 radical (unpaired) electrons. The summed E-state index contributed by atoms with van der Waals surface area (Å²) in [6.45, 7) is 0.0739. The fraction of sp³-hybridized carbons (Fsp3) is 0.125. The molecule has 5 heteroatoms. The van der Waals surface area contributed by atoms with Crippen LogP contribution in [0.15, 0.2) is 54.6 Å². The lowest BCUT2D eigenvalue weighted by atomic mass is 10.2. The second kappa shape index (κ2) is 7.32. The molecule has 0 aliphatic carbocycles. The van der Waals surface area contributed by atoms with Crippen molar-refractivity contribution in [1.82, 2.24) is 0 Å². The van der Waals surface area contributed by atoms with Crippen LogP contribution in [0, 0.1) is 11.3 Å². The van der Waals surface area contributed by atoms with Gasteiger partial charge in [-0.15, -0.1) is 0 Å². The third kappa shape index (κ3) is 4.23. The van der Waals surface area contributed by atoms with E-state index in [9.17, 15) is 4.79 Å². The third-order valence-corrected chi connectivity index (χ3v) is 3.04. The molecule has 0 aliphatic heterocycles. The molecule has 0 spiro atoms. The zero-order valence-corrected chi connectivity index (χ0v) is 12.0. The third-order valence-electron chi connectivity index (χ3n) is 2.79. The van der Waals surface area contributed by atoms with Crippen LogP contribution in [-0.2, 0) is 11.3 Å². The summed E-state index contributed by atoms with van der Waals surface area (Å²) in [6, 6.07) is 18.0. The number of carbonyl (C=O) groups is 1. The quantitative estimate of drug-likeness (QED) is 0.802. The van der Waals surface area contributed by atoms with E-state index in [-0.39, 0.29) is 13.2 Å². The summed E-state index contributed by atoms with van der Waals surface area (Å²) < 4.78 is 5.23. The monoisotopic (exact) mass is 300 g/mol. The first kappa shape index (κ1) is 14.9. The maximum absolute atomic E-state index is 12.1. The van der Waals surface area contributed by atoms with Gasteiger partial charge in [0.1, 0.15) is 13.2 Å². The summed E-state index contributed by atoms with van der Waals surface area (Å²) in [4.78, 5) is 13.4. The zero-order valence-electron chi connectivity index (χ0n) is 11.2. The molecule has 0 aliphatic rings. The Morgan fingerprint density at radius 2 is 1.81 bits per heavy atom. The van der Waals surface area contributed by atoms with Crippen molar-refractivity contribution in [3.8, 4) is 6.07 Å². The minimum atomic E-state index is -0.567. The molecule has 0 atom stereocenters. The molecule has 106 valence electrons. The number of rotatable bonds is 4. The van der Waals surface area contributed by atoms with E-state index in [1.54, 1.807) is 24.3 Å². The molecular weight excluding hydrogens is 288 g/mol. The highest BCUT2D eigenvalue weighted by molar-refractivity contribution is 6.30. The highest BCUT2D eigenvalue weighted by Crippen LogP contribution is 2.19. The van der Waals surface area contributed by atoms with E-state index < -0.39 is 6.09 Å². The number of nitriles is 1. The van der Waals surface area contributed by atoms with Crippen molar-refractivity contribution in [1.29, 1.82) is 5.26 Å². The summed E-state index contributed by atoms with van der Waals surface area (Å²) in [5.74, 6) is 0. The van der Waals surface area contributed by atoms with Gasteiger partial charge in [0.25, 0.3) is 0 Å². The fourth-order valence-electron chi connectivity index (χ4n) is 1.75. The van der Waals surface area contributed by atoms with Crippen LogP contribution in [0.1, 0.15) is 5.56 Å². The maximum Gasteiger partial charge on any atom is 0.415 e. The molecule has 4 nitrogen and oxygen atoms in total. The van der Waals surface area contributed by atoms with Gasteiger partial charge < -0.3 is 4.74 Å². The SMILES string of the molecule is N#CCN(C(=O)OCc1ccccc1)c1ccc(Cl)cc1. The molecule has 2 rings (SSSR count). The van der Waals surface area contributed by atoms with Crippen molar-refractivity contribution >= 4 is 23.4 Å². The predicted molar refractivity (Wildman–Crippen MR) is 81.0 cm³/mol. The van der Waals surface area contributed by atoms with Crippen molar-refractivity contribution in [2.45, 2.75) is 6.61 Å². The Morgan fingerprint density at radius 3 is 2.43 bits per heavy atom. The van der Waals surface area contributed by atoms with Crippen LogP contribution < -0.4 is 4.90 Å². The molecular formula is C16H13ClN2O2. The average Bonchev–Trinajstić information content (AvgIpc) is 2.52. The van der Waals surface area contributed by atoms with E-state index >= 15 is 0 Å². The summed E-state index contributed by atoms with van der Waals surface area (Å²) in [5, 5.41) is 9.42. The van der Waals surface area contributed by atoms with E-state index in [2.05, 4.69) is 0 Å². The van der Waals surface area contributed by atoms with E-state index in [1.165, 1.54) is 4.90 Å². The molecule has 1 amide bonds. The summed E-state index contributed by atoms with van der Waals surface area (Å²) in [5.41, 5.74) is 1.46. The van der Waals surface area contributed by atoms with Gasteiger partial charge >= 0.3 is 6.09 Å². The number of carbonyl (C=O) groups excluding carboxylic acids is 1. The summed E-state index contributed by atoms with van der Waals surface area (Å²) in [7, 11) is 0. The first-order valence-corrected chi connectivity index (χ1v) is 6.69. The number of halogens is 1. The predicted octanol–water partition coefficient (Wildman–Crippen LogP) is 4.01. The molecule has 0 unspecified atom stereocenters. The van der Waals surface area contributed by atoms with Gasteiger partial charge in [-0.3, -0.25) is 4.90 Å². The number of benzene rings is 2. The summed E-state index contributed by atoms with van der Waals surface area (Å²) >= 11 is 5.81. The van der Waals surface area contributed by atoms with Crippen molar-refractivity contribution in [3.63, 3.8) is 0 Å². The van der Waals surface area contributed by atoms with Crippen LogP contribution in [0.2, 0.25) is 5.02 Å². The summed E-state index contributed by atoms with van der Waals surface area (Å²) in [6.07, 6.45) is -0.567. The van der Waals surface area contributed by atoms with Crippen LogP contribution in [0.25, 0.3) is 0 Å². The number of nitrogens with zero attached hydrogens (tertiary/aromatic N) is 2. The largest absolute Gasteiger partial charge is 0.444 e. The van der Waals surface area contributed by atoms with Crippen LogP contribution in [0.5, 0.6) is 0 Å². The van der Waals surface area contributed by atoms with E-state index in [0.717, 1.165) is 5.56 Å². The molecule has 0 N–H and O–H groups in total. The van der Waals surface area contributed by atoms with Gasteiger partial charge in [-0.05, 0) is 29.8 Å². The number of hydrogen-bond donors (Lipinski definition) is 0. The Hall–Kier alpha value is -2.51. The Balaban J connectivity index is 2.06. The van der Waals surface area contributed by atoms with Crippen molar-refractivity contribution in [3.05, 3.63) is 65.2 Å². The highest BCUT2D eigenvalue weighted by atomic mass is 35.5. The lowest BCUT2D eigenvalue weighted by Gasteiger charge is -2.19. The van der Waals surface area contributed by atoms with Crippen molar-refractivity contribution in [2.75, 3.05) is 11.4 Å². The number of anilines is 1. The van der Waals surface area contributed by atoms with Crippen LogP contribution in [0.4, 0.5) is 10.5 Å². The van der Waals surface area contributed by atoms with Crippen molar-refractivity contribution < 1.29 is 9.53 Å². The smallest absolute Gasteiger partial charge is 0.415 e. The minimum absolute atomic E-state index is 0.0880. The van der Waals surface area contributed by atoms with Crippen LogP contribution in [-0.4, -0.2) is 12.6 Å². The number of hydrogen-bond acceptors (Lipinski definition) is 3. The second-order valence-corrected chi connectivity index (χ2v) is 4.70. The van der Waals surface area contributed by atoms with Crippen molar-refractivity contribution in [2.24, 2.45) is 0 Å². The van der Waals surface area contributed by atoms with Gasteiger partial charge in [-0.1, -0.05) is 41.9 Å². The Morgan fingerprint density at radius 1 is 1.14 bits per heavy atom. The Kier molecular flexibility index (Phi) is 5.19. The fourth-order valence-corrected chi connectivity index (χ4v) is 1.88. The maximum atomic E-state index is 12.1. The van der Waals surface area contributed by atoms with Gasteiger partial charge in [-0.2, -0.15) is 5.26 Å². The molecule has 0 aromatic heterocycles. The number of ether oxygens (including phenoxy) is 1. The Bertz CT molecular complexity index is 636. The molecule has 2 aromatic carbocycles. The molecule has 2 aromatic rings. The zero-order chi connectivity index (χ0) is 15.1. The van der Waals surface area contributed by atoms with E-state index in [0.29, 0.717) is 10.7 Å².